The molecule has 1 saturated heterocycles. The van der Waals surface area contributed by atoms with Crippen LogP contribution < -0.4 is 14.2 Å². The Morgan fingerprint density at radius 1 is 1.00 bits per heavy atom. The standard InChI is InChI=1S/C27H28O9/c1-14-8-18-12-17(27(30)34-18)13-20-24(15(2)26(29)36-20)19(9-14)35-23(28)7-6-16-10-21(31-3)25(33-5)22(11-16)32-4/h6-7,9-12,18-20,24H,2,8,13H2,1,3-5H3/b7-6+,14-9+/t18-,19-,20+,24+/m1/s1. The number of hydrogen-bond acceptors (Lipinski definition) is 9. The number of fused-ring (bicyclic) bond motifs is 2. The molecule has 0 N–H and O–H groups in total. The van der Waals surface area contributed by atoms with E-state index in [1.807, 2.05) is 6.92 Å². The number of rotatable bonds is 6. The summed E-state index contributed by atoms with van der Waals surface area (Å²) < 4.78 is 32.7. The van der Waals surface area contributed by atoms with Gasteiger partial charge in [-0.1, -0.05) is 12.2 Å². The fourth-order valence-electron chi connectivity index (χ4n) is 4.65. The molecule has 2 bridgehead atoms. The lowest BCUT2D eigenvalue weighted by molar-refractivity contribution is -0.145. The van der Waals surface area contributed by atoms with E-state index in [0.717, 1.165) is 5.57 Å². The van der Waals surface area contributed by atoms with Gasteiger partial charge in [0.15, 0.2) is 11.5 Å². The zero-order chi connectivity index (χ0) is 26.0. The second-order valence-corrected chi connectivity index (χ2v) is 8.75. The number of methoxy groups -OCH3 is 3. The molecule has 0 spiro atoms. The number of ether oxygens (including phenoxy) is 6. The van der Waals surface area contributed by atoms with E-state index in [1.165, 1.54) is 27.4 Å². The molecule has 0 unspecified atom stereocenters. The third kappa shape index (κ3) is 5.00. The van der Waals surface area contributed by atoms with Crippen molar-refractivity contribution >= 4 is 24.0 Å². The van der Waals surface area contributed by atoms with Crippen LogP contribution in [0.25, 0.3) is 6.08 Å². The molecule has 1 fully saturated rings. The maximum absolute atomic E-state index is 12.9. The van der Waals surface area contributed by atoms with Gasteiger partial charge in [0.2, 0.25) is 5.75 Å². The van der Waals surface area contributed by atoms with Crippen LogP contribution in [0.3, 0.4) is 0 Å². The minimum absolute atomic E-state index is 0.160. The van der Waals surface area contributed by atoms with Gasteiger partial charge >= 0.3 is 17.9 Å². The highest BCUT2D eigenvalue weighted by atomic mass is 16.6. The van der Waals surface area contributed by atoms with Crippen molar-refractivity contribution in [3.8, 4) is 17.2 Å². The Bertz CT molecular complexity index is 1160. The average Bonchev–Trinajstić information content (AvgIpc) is 3.32. The molecule has 1 aliphatic carbocycles. The molecule has 9 heteroatoms. The molecule has 4 rings (SSSR count). The minimum Gasteiger partial charge on any atom is -0.493 e. The van der Waals surface area contributed by atoms with Crippen molar-refractivity contribution in [1.82, 2.24) is 0 Å². The quantitative estimate of drug-likeness (QED) is 0.254. The molecular formula is C27H28O9. The number of carbonyl (C=O) groups is 3. The molecule has 190 valence electrons. The van der Waals surface area contributed by atoms with E-state index < -0.39 is 42.1 Å². The summed E-state index contributed by atoms with van der Waals surface area (Å²) in [6.45, 7) is 5.72. The van der Waals surface area contributed by atoms with Crippen molar-refractivity contribution < 1.29 is 42.8 Å². The Kier molecular flexibility index (Phi) is 7.19. The van der Waals surface area contributed by atoms with Crippen molar-refractivity contribution in [2.24, 2.45) is 5.92 Å². The zero-order valence-electron chi connectivity index (χ0n) is 20.6. The summed E-state index contributed by atoms with van der Waals surface area (Å²) in [5.41, 5.74) is 2.10. The first kappa shape index (κ1) is 25.1. The largest absolute Gasteiger partial charge is 0.493 e. The van der Waals surface area contributed by atoms with Gasteiger partial charge in [-0.25, -0.2) is 14.4 Å². The molecule has 0 saturated carbocycles. The van der Waals surface area contributed by atoms with Gasteiger partial charge in [-0.05, 0) is 42.8 Å². The van der Waals surface area contributed by atoms with E-state index in [-0.39, 0.29) is 12.0 Å². The second-order valence-electron chi connectivity index (χ2n) is 8.75. The lowest BCUT2D eigenvalue weighted by atomic mass is 9.85. The van der Waals surface area contributed by atoms with Crippen molar-refractivity contribution in [2.45, 2.75) is 38.1 Å². The van der Waals surface area contributed by atoms with Crippen molar-refractivity contribution in [2.75, 3.05) is 21.3 Å². The summed E-state index contributed by atoms with van der Waals surface area (Å²) in [5.74, 6) is -0.956. The van der Waals surface area contributed by atoms with E-state index >= 15 is 0 Å². The Balaban J connectivity index is 1.59. The van der Waals surface area contributed by atoms with E-state index in [2.05, 4.69) is 6.58 Å². The van der Waals surface area contributed by atoms with E-state index in [0.29, 0.717) is 34.8 Å². The molecule has 0 radical (unpaired) electrons. The Morgan fingerprint density at radius 3 is 2.33 bits per heavy atom. The maximum Gasteiger partial charge on any atom is 0.334 e. The van der Waals surface area contributed by atoms with Crippen LogP contribution in [0.2, 0.25) is 0 Å². The van der Waals surface area contributed by atoms with Gasteiger partial charge in [-0.3, -0.25) is 0 Å². The van der Waals surface area contributed by atoms with Crippen LogP contribution in [-0.2, 0) is 28.6 Å². The first-order chi connectivity index (χ1) is 17.2. The molecule has 36 heavy (non-hydrogen) atoms. The highest BCUT2D eigenvalue weighted by Gasteiger charge is 2.46. The summed E-state index contributed by atoms with van der Waals surface area (Å²) in [4.78, 5) is 37.5. The van der Waals surface area contributed by atoms with Crippen LogP contribution in [-0.4, -0.2) is 57.5 Å². The normalized spacial score (nSPS) is 26.8. The fourth-order valence-corrected chi connectivity index (χ4v) is 4.65. The SMILES string of the molecule is C=C1C(=O)O[C@H]2CC3=C[C@@H](C/C(C)=C/[C@@H](OC(=O)/C=C/c4cc(OC)c(OC)c(OC)c4)[C@H]12)OC3=O. The molecule has 0 amide bonds. The van der Waals surface area contributed by atoms with Crippen LogP contribution >= 0.6 is 0 Å². The van der Waals surface area contributed by atoms with Crippen LogP contribution in [0.5, 0.6) is 17.2 Å². The smallest absolute Gasteiger partial charge is 0.334 e. The lowest BCUT2D eigenvalue weighted by Gasteiger charge is -2.25. The van der Waals surface area contributed by atoms with E-state index in [9.17, 15) is 14.4 Å². The summed E-state index contributed by atoms with van der Waals surface area (Å²) >= 11 is 0. The highest BCUT2D eigenvalue weighted by molar-refractivity contribution is 5.93. The number of hydrogen-bond donors (Lipinski definition) is 0. The van der Waals surface area contributed by atoms with Crippen LogP contribution in [0.15, 0.2) is 53.7 Å². The molecule has 4 atom stereocenters. The van der Waals surface area contributed by atoms with Gasteiger partial charge in [0.1, 0.15) is 18.3 Å². The van der Waals surface area contributed by atoms with Gasteiger partial charge in [0.05, 0.1) is 27.2 Å². The van der Waals surface area contributed by atoms with Gasteiger partial charge in [-0.2, -0.15) is 0 Å². The molecule has 2 aliphatic heterocycles. The molecular weight excluding hydrogens is 468 g/mol. The Morgan fingerprint density at radius 2 is 1.69 bits per heavy atom. The molecule has 9 nitrogen and oxygen atoms in total. The predicted molar refractivity (Wildman–Crippen MR) is 128 cm³/mol. The zero-order valence-corrected chi connectivity index (χ0v) is 20.6. The predicted octanol–water partition coefficient (Wildman–Crippen LogP) is 3.33. The fraction of sp³-hybridized carbons (Fsp3) is 0.370. The van der Waals surface area contributed by atoms with Gasteiger partial charge in [0, 0.05) is 30.1 Å². The Labute approximate surface area is 208 Å². The van der Waals surface area contributed by atoms with Crippen LogP contribution in [0, 0.1) is 5.92 Å². The summed E-state index contributed by atoms with van der Waals surface area (Å²) in [6.07, 6.45) is 5.04. The number of esters is 3. The average molecular weight is 497 g/mol. The molecule has 1 aromatic rings. The van der Waals surface area contributed by atoms with E-state index in [4.69, 9.17) is 28.4 Å². The van der Waals surface area contributed by atoms with Crippen molar-refractivity contribution in [3.05, 3.63) is 59.2 Å². The third-order valence-corrected chi connectivity index (χ3v) is 6.33. The lowest BCUT2D eigenvalue weighted by Crippen LogP contribution is -2.32. The molecule has 2 heterocycles. The minimum atomic E-state index is -0.820. The van der Waals surface area contributed by atoms with Gasteiger partial charge in [-0.15, -0.1) is 0 Å². The molecule has 1 aromatic carbocycles. The Hall–Kier alpha value is -4.01. The maximum atomic E-state index is 12.9. The van der Waals surface area contributed by atoms with Gasteiger partial charge in [0.25, 0.3) is 0 Å². The summed E-state index contributed by atoms with van der Waals surface area (Å²) in [6, 6.07) is 3.39. The highest BCUT2D eigenvalue weighted by Crippen LogP contribution is 2.40. The topological polar surface area (TPSA) is 107 Å². The van der Waals surface area contributed by atoms with Crippen molar-refractivity contribution in [1.29, 1.82) is 0 Å². The van der Waals surface area contributed by atoms with Crippen LogP contribution in [0.4, 0.5) is 0 Å². The van der Waals surface area contributed by atoms with Gasteiger partial charge < -0.3 is 28.4 Å². The molecule has 0 aromatic heterocycles. The molecule has 3 aliphatic rings. The van der Waals surface area contributed by atoms with Crippen LogP contribution in [0.1, 0.15) is 25.3 Å². The first-order valence-corrected chi connectivity index (χ1v) is 11.4. The number of benzene rings is 1. The summed E-state index contributed by atoms with van der Waals surface area (Å²) in [5, 5.41) is 0. The first-order valence-electron chi connectivity index (χ1n) is 11.4. The number of carbonyl (C=O) groups excluding carboxylic acids is 3. The second kappa shape index (κ2) is 10.3. The van der Waals surface area contributed by atoms with Crippen molar-refractivity contribution in [3.63, 3.8) is 0 Å². The monoisotopic (exact) mass is 496 g/mol. The summed E-state index contributed by atoms with van der Waals surface area (Å²) in [7, 11) is 4.51. The third-order valence-electron chi connectivity index (χ3n) is 6.33. The van der Waals surface area contributed by atoms with E-state index in [1.54, 1.807) is 30.4 Å².